The van der Waals surface area contributed by atoms with E-state index < -0.39 is 10.8 Å². The predicted octanol–water partition coefficient (Wildman–Crippen LogP) is 3.45. The van der Waals surface area contributed by atoms with E-state index in [1.807, 2.05) is 30.3 Å². The van der Waals surface area contributed by atoms with Gasteiger partial charge in [0, 0.05) is 23.8 Å². The van der Waals surface area contributed by atoms with Crippen molar-refractivity contribution in [1.29, 1.82) is 5.41 Å². The second-order valence-electron chi connectivity index (χ2n) is 5.38. The fourth-order valence-electron chi connectivity index (χ4n) is 2.96. The Bertz CT molecular complexity index is 756. The average Bonchev–Trinajstić information content (AvgIpc) is 2.83. The molecule has 2 aromatic carbocycles. The summed E-state index contributed by atoms with van der Waals surface area (Å²) < 4.78 is 0. The monoisotopic (exact) mass is 294 g/mol. The molecule has 1 N–H and O–H groups in total. The Kier molecular flexibility index (Phi) is 3.55. The van der Waals surface area contributed by atoms with Crippen molar-refractivity contribution in [2.24, 2.45) is 0 Å². The Morgan fingerprint density at radius 2 is 1.73 bits per heavy atom. The summed E-state index contributed by atoms with van der Waals surface area (Å²) in [5.74, 6) is -1.07. The maximum absolute atomic E-state index is 12.7. The molecule has 2 atom stereocenters. The minimum atomic E-state index is -0.676. The SMILES string of the molecule is N=C1CC(c2ccccc2)C(=O)C1c1cccc([N+](=O)[O-])c1. The third-order valence-corrected chi connectivity index (χ3v) is 4.02. The van der Waals surface area contributed by atoms with Crippen LogP contribution >= 0.6 is 0 Å². The number of carbonyl (C=O) groups excluding carboxylic acids is 1. The van der Waals surface area contributed by atoms with E-state index in [2.05, 4.69) is 0 Å². The molecule has 1 saturated carbocycles. The molecule has 0 aromatic heterocycles. The second kappa shape index (κ2) is 5.52. The molecule has 0 heterocycles. The molecule has 5 nitrogen and oxygen atoms in total. The lowest BCUT2D eigenvalue weighted by Gasteiger charge is -2.11. The molecule has 3 rings (SSSR count). The molecular weight excluding hydrogens is 280 g/mol. The van der Waals surface area contributed by atoms with Crippen molar-refractivity contribution < 1.29 is 9.72 Å². The van der Waals surface area contributed by atoms with Crippen LogP contribution in [-0.4, -0.2) is 16.4 Å². The van der Waals surface area contributed by atoms with Crippen LogP contribution in [0.5, 0.6) is 0 Å². The van der Waals surface area contributed by atoms with Crippen molar-refractivity contribution in [3.8, 4) is 0 Å². The van der Waals surface area contributed by atoms with Crippen molar-refractivity contribution in [2.45, 2.75) is 18.3 Å². The molecule has 5 heteroatoms. The third kappa shape index (κ3) is 2.41. The Morgan fingerprint density at radius 3 is 2.41 bits per heavy atom. The van der Waals surface area contributed by atoms with Gasteiger partial charge in [-0.2, -0.15) is 0 Å². The van der Waals surface area contributed by atoms with Crippen LogP contribution in [0.3, 0.4) is 0 Å². The van der Waals surface area contributed by atoms with Gasteiger partial charge in [-0.3, -0.25) is 14.9 Å². The molecule has 0 aliphatic heterocycles. The van der Waals surface area contributed by atoms with Gasteiger partial charge >= 0.3 is 0 Å². The predicted molar refractivity (Wildman–Crippen MR) is 82.4 cm³/mol. The van der Waals surface area contributed by atoms with Crippen molar-refractivity contribution in [3.05, 3.63) is 75.8 Å². The maximum atomic E-state index is 12.7. The number of benzene rings is 2. The summed E-state index contributed by atoms with van der Waals surface area (Å²) in [6.45, 7) is 0. The number of carbonyl (C=O) groups is 1. The summed E-state index contributed by atoms with van der Waals surface area (Å²) in [5.41, 5.74) is 1.69. The van der Waals surface area contributed by atoms with Gasteiger partial charge in [-0.1, -0.05) is 42.5 Å². The smallest absolute Gasteiger partial charge is 0.269 e. The summed E-state index contributed by atoms with van der Waals surface area (Å²) in [4.78, 5) is 23.1. The topological polar surface area (TPSA) is 84.1 Å². The van der Waals surface area contributed by atoms with E-state index in [4.69, 9.17) is 5.41 Å². The van der Waals surface area contributed by atoms with Gasteiger partial charge in [0.25, 0.3) is 5.69 Å². The van der Waals surface area contributed by atoms with Gasteiger partial charge in [0.2, 0.25) is 0 Å². The largest absolute Gasteiger partial charge is 0.309 e. The lowest BCUT2D eigenvalue weighted by Crippen LogP contribution is -2.14. The van der Waals surface area contributed by atoms with E-state index in [0.717, 1.165) is 5.56 Å². The molecule has 2 aromatic rings. The van der Waals surface area contributed by atoms with E-state index in [0.29, 0.717) is 17.7 Å². The number of hydrogen-bond donors (Lipinski definition) is 1. The van der Waals surface area contributed by atoms with Crippen molar-refractivity contribution >= 4 is 17.2 Å². The van der Waals surface area contributed by atoms with E-state index in [1.54, 1.807) is 12.1 Å². The van der Waals surface area contributed by atoms with Gasteiger partial charge in [-0.25, -0.2) is 0 Å². The highest BCUT2D eigenvalue weighted by molar-refractivity contribution is 6.17. The first-order chi connectivity index (χ1) is 10.6. The number of nitro benzene ring substituents is 1. The van der Waals surface area contributed by atoms with Gasteiger partial charge in [0.15, 0.2) is 5.78 Å². The Labute approximate surface area is 127 Å². The summed E-state index contributed by atoms with van der Waals surface area (Å²) in [5, 5.41) is 19.0. The lowest BCUT2D eigenvalue weighted by molar-refractivity contribution is -0.384. The zero-order valence-corrected chi connectivity index (χ0v) is 11.7. The first-order valence-electron chi connectivity index (χ1n) is 6.98. The lowest BCUT2D eigenvalue weighted by atomic mass is 9.91. The molecule has 0 radical (unpaired) electrons. The number of ketones is 1. The minimum absolute atomic E-state index is 0.0544. The minimum Gasteiger partial charge on any atom is -0.309 e. The maximum Gasteiger partial charge on any atom is 0.269 e. The summed E-state index contributed by atoms with van der Waals surface area (Å²) >= 11 is 0. The first-order valence-corrected chi connectivity index (χ1v) is 6.98. The van der Waals surface area contributed by atoms with Crippen LogP contribution in [0, 0.1) is 15.5 Å². The highest BCUT2D eigenvalue weighted by Crippen LogP contribution is 2.38. The van der Waals surface area contributed by atoms with Crippen LogP contribution in [0.4, 0.5) is 5.69 Å². The van der Waals surface area contributed by atoms with Crippen LogP contribution in [0.25, 0.3) is 0 Å². The molecule has 1 fully saturated rings. The molecule has 22 heavy (non-hydrogen) atoms. The van der Waals surface area contributed by atoms with Crippen LogP contribution in [0.2, 0.25) is 0 Å². The van der Waals surface area contributed by atoms with Crippen LogP contribution < -0.4 is 0 Å². The molecular formula is C17H14N2O3. The fourth-order valence-corrected chi connectivity index (χ4v) is 2.96. The zero-order valence-electron chi connectivity index (χ0n) is 11.7. The highest BCUT2D eigenvalue weighted by Gasteiger charge is 2.40. The number of non-ortho nitro benzene ring substituents is 1. The molecule has 110 valence electrons. The first kappa shape index (κ1) is 14.1. The molecule has 1 aliphatic rings. The van der Waals surface area contributed by atoms with E-state index >= 15 is 0 Å². The van der Waals surface area contributed by atoms with E-state index in [1.165, 1.54) is 12.1 Å². The highest BCUT2D eigenvalue weighted by atomic mass is 16.6. The molecule has 1 aliphatic carbocycles. The third-order valence-electron chi connectivity index (χ3n) is 4.02. The van der Waals surface area contributed by atoms with Crippen LogP contribution in [-0.2, 0) is 4.79 Å². The Hall–Kier alpha value is -2.82. The molecule has 0 amide bonds. The van der Waals surface area contributed by atoms with Gasteiger partial charge in [0.1, 0.15) is 0 Å². The zero-order chi connectivity index (χ0) is 15.7. The average molecular weight is 294 g/mol. The number of rotatable bonds is 3. The number of Topliss-reactive ketones (excluding diaryl/α,β-unsaturated/α-hetero) is 1. The van der Waals surface area contributed by atoms with Gasteiger partial charge in [0.05, 0.1) is 10.8 Å². The number of hydrogen-bond acceptors (Lipinski definition) is 4. The van der Waals surface area contributed by atoms with E-state index in [9.17, 15) is 14.9 Å². The van der Waals surface area contributed by atoms with Gasteiger partial charge in [-0.15, -0.1) is 0 Å². The van der Waals surface area contributed by atoms with Crippen molar-refractivity contribution in [3.63, 3.8) is 0 Å². The number of nitro groups is 1. The van der Waals surface area contributed by atoms with Crippen LogP contribution in [0.1, 0.15) is 29.4 Å². The Morgan fingerprint density at radius 1 is 1.05 bits per heavy atom. The number of nitrogens with one attached hydrogen (secondary N) is 1. The van der Waals surface area contributed by atoms with Crippen molar-refractivity contribution in [1.82, 2.24) is 0 Å². The standard InChI is InChI=1S/C17H14N2O3/c18-15-10-14(11-5-2-1-3-6-11)17(20)16(15)12-7-4-8-13(9-12)19(21)22/h1-9,14,16,18H,10H2. The molecule has 0 bridgehead atoms. The fraction of sp³-hybridized carbons (Fsp3) is 0.176. The van der Waals surface area contributed by atoms with Crippen LogP contribution in [0.15, 0.2) is 54.6 Å². The number of nitrogens with zero attached hydrogens (tertiary/aromatic N) is 1. The Balaban J connectivity index is 1.95. The summed E-state index contributed by atoms with van der Waals surface area (Å²) in [6.07, 6.45) is 0.371. The quantitative estimate of drug-likeness (QED) is 0.695. The molecule has 0 saturated heterocycles. The van der Waals surface area contributed by atoms with Gasteiger partial charge in [-0.05, 0) is 17.5 Å². The van der Waals surface area contributed by atoms with Crippen molar-refractivity contribution in [2.75, 3.05) is 0 Å². The normalized spacial score (nSPS) is 21.1. The summed E-state index contributed by atoms with van der Waals surface area (Å²) in [7, 11) is 0. The van der Waals surface area contributed by atoms with Gasteiger partial charge < -0.3 is 5.41 Å². The summed E-state index contributed by atoms with van der Waals surface area (Å²) in [6, 6.07) is 15.4. The van der Waals surface area contributed by atoms with E-state index in [-0.39, 0.29) is 17.4 Å². The molecule has 0 spiro atoms. The second-order valence-corrected chi connectivity index (χ2v) is 5.38. The molecule has 2 unspecified atom stereocenters.